The molecule has 0 saturated heterocycles. The minimum Gasteiger partial charge on any atom is -0.759 e. The van der Waals surface area contributed by atoms with E-state index in [9.17, 15) is 0 Å². The number of rotatable bonds is 10. The average Bonchev–Trinajstić information content (AvgIpc) is 2.25. The zero-order chi connectivity index (χ0) is 14.3. The summed E-state index contributed by atoms with van der Waals surface area (Å²) in [5, 5.41) is 0.934. The molecule has 0 radical (unpaired) electrons. The largest absolute Gasteiger partial charge is 0.759 e. The molecule has 0 atom stereocenters. The normalized spacial score (nSPS) is 10.9. The van der Waals surface area contributed by atoms with Gasteiger partial charge in [0.1, 0.15) is 0 Å². The predicted octanol–water partition coefficient (Wildman–Crippen LogP) is 3.53. The van der Waals surface area contributed by atoms with E-state index >= 15 is 0 Å². The molecule has 114 valence electrons. The summed E-state index contributed by atoms with van der Waals surface area (Å²) in [5.41, 5.74) is 0. The van der Waals surface area contributed by atoms with Gasteiger partial charge in [0.2, 0.25) is 0 Å². The van der Waals surface area contributed by atoms with Crippen LogP contribution in [0, 0.1) is 0 Å². The van der Waals surface area contributed by atoms with Gasteiger partial charge in [0.25, 0.3) is 0 Å². The fourth-order valence-corrected chi connectivity index (χ4v) is 1.80. The zero-order valence-electron chi connectivity index (χ0n) is 11.1. The smallest absolute Gasteiger partial charge is 0.0311 e. The quantitative estimate of drug-likeness (QED) is 0.266. The Morgan fingerprint density at radius 1 is 0.778 bits per heavy atom. The van der Waals surface area contributed by atoms with Gasteiger partial charge >= 0.3 is 92.5 Å². The van der Waals surface area contributed by atoms with Gasteiger partial charge in [-0.25, -0.2) is 0 Å². The standard InChI is InChI=1S/C12H25.Cu.H2O4S/c1-3-5-7-9-11-12-10-8-6-4-2;;1-5(2,3)4/h1,3-12H2,2H3;;(H2,1,2,3,4)/q;+2;/p-2. The Morgan fingerprint density at radius 2 is 1.06 bits per heavy atom. The first-order valence-electron chi connectivity index (χ1n) is 6.59. The molecule has 0 heterocycles. The third-order valence-corrected chi connectivity index (χ3v) is 2.79. The van der Waals surface area contributed by atoms with Crippen LogP contribution in [0.4, 0.5) is 0 Å². The van der Waals surface area contributed by atoms with E-state index in [1.54, 1.807) is 0 Å². The molecule has 0 aliphatic rings. The van der Waals surface area contributed by atoms with Gasteiger partial charge in [0, 0.05) is 10.4 Å². The molecule has 0 aliphatic carbocycles. The van der Waals surface area contributed by atoms with E-state index in [0.29, 0.717) is 0 Å². The second-order valence-corrected chi connectivity index (χ2v) is 5.53. The Labute approximate surface area is 120 Å². The van der Waals surface area contributed by atoms with Crippen LogP contribution < -0.4 is 0 Å². The summed E-state index contributed by atoms with van der Waals surface area (Å²) in [7, 11) is -5.17. The molecule has 4 nitrogen and oxygen atoms in total. The first kappa shape index (κ1) is 20.7. The van der Waals surface area contributed by atoms with E-state index in [4.69, 9.17) is 33.5 Å². The second kappa shape index (κ2) is 15.4. The van der Waals surface area contributed by atoms with Gasteiger partial charge in [0.15, 0.2) is 0 Å². The molecule has 0 aromatic heterocycles. The Hall–Kier alpha value is 0.389. The summed E-state index contributed by atoms with van der Waals surface area (Å²) in [6.07, 6.45) is 14.0. The molecule has 0 saturated carbocycles. The topological polar surface area (TPSA) is 80.3 Å². The van der Waals surface area contributed by atoms with Crippen molar-refractivity contribution >= 4 is 10.4 Å². The zero-order valence-corrected chi connectivity index (χ0v) is 12.9. The maximum Gasteiger partial charge on any atom is 0.0311 e. The molecule has 0 aliphatic heterocycles. The molecule has 0 bridgehead atoms. The molecule has 0 aromatic carbocycles. The molecule has 0 amide bonds. The van der Waals surface area contributed by atoms with Crippen molar-refractivity contribution in [2.45, 2.75) is 76.5 Å². The summed E-state index contributed by atoms with van der Waals surface area (Å²) in [5.74, 6) is 0. The van der Waals surface area contributed by atoms with Crippen LogP contribution in [-0.2, 0) is 26.4 Å². The third-order valence-electron chi connectivity index (χ3n) is 2.46. The molecule has 0 spiro atoms. The fourth-order valence-electron chi connectivity index (χ4n) is 1.56. The van der Waals surface area contributed by atoms with Gasteiger partial charge in [-0.2, -0.15) is 0 Å². The Bertz CT molecular complexity index is 224. The maximum atomic E-state index is 8.52. The van der Waals surface area contributed by atoms with Crippen molar-refractivity contribution in [2.75, 3.05) is 0 Å². The molecular weight excluding hydrogens is 304 g/mol. The molecule has 6 heteroatoms. The number of unbranched alkanes of at least 4 members (excludes halogenated alkanes) is 9. The van der Waals surface area contributed by atoms with Crippen LogP contribution in [0.2, 0.25) is 5.32 Å². The van der Waals surface area contributed by atoms with E-state index in [1.807, 2.05) is 0 Å². The Balaban J connectivity index is 0. The second-order valence-electron chi connectivity index (χ2n) is 4.24. The molecule has 0 unspecified atom stereocenters. The molecule has 0 rings (SSSR count). The summed E-state index contributed by atoms with van der Waals surface area (Å²) < 4.78 is 34.1. The van der Waals surface area contributed by atoms with Crippen molar-refractivity contribution < 1.29 is 33.5 Å². The van der Waals surface area contributed by atoms with Crippen molar-refractivity contribution in [1.29, 1.82) is 0 Å². The van der Waals surface area contributed by atoms with Crippen LogP contribution in [0.5, 0.6) is 0 Å². The first-order chi connectivity index (χ1) is 8.41. The van der Waals surface area contributed by atoms with Crippen LogP contribution in [0.1, 0.15) is 71.1 Å². The monoisotopic (exact) mass is 328 g/mol. The molecule has 18 heavy (non-hydrogen) atoms. The van der Waals surface area contributed by atoms with Gasteiger partial charge in [-0.15, -0.1) is 0 Å². The van der Waals surface area contributed by atoms with Crippen LogP contribution in [0.3, 0.4) is 0 Å². The Kier molecular flexibility index (Phi) is 17.8. The van der Waals surface area contributed by atoms with Crippen molar-refractivity contribution in [2.24, 2.45) is 0 Å². The van der Waals surface area contributed by atoms with Gasteiger partial charge < -0.3 is 9.11 Å². The van der Waals surface area contributed by atoms with Crippen molar-refractivity contribution in [3.05, 3.63) is 0 Å². The first-order valence-corrected chi connectivity index (χ1v) is 8.59. The van der Waals surface area contributed by atoms with Crippen LogP contribution in [-0.4, -0.2) is 17.5 Å². The summed E-state index contributed by atoms with van der Waals surface area (Å²) >= 11 is 5.03. The van der Waals surface area contributed by atoms with Crippen LogP contribution in [0.25, 0.3) is 0 Å². The van der Waals surface area contributed by atoms with E-state index in [1.165, 1.54) is 64.2 Å². The SMILES string of the molecule is CCCCCCCCCCC[CH2][Cu+2].O=S(=O)([O-])[O-]. The predicted molar refractivity (Wildman–Crippen MR) is 67.1 cm³/mol. The summed E-state index contributed by atoms with van der Waals surface area (Å²) in [6, 6.07) is 0. The van der Waals surface area contributed by atoms with Gasteiger partial charge in [-0.3, -0.25) is 8.42 Å². The van der Waals surface area contributed by atoms with Crippen molar-refractivity contribution in [3.63, 3.8) is 0 Å². The van der Waals surface area contributed by atoms with E-state index in [0.717, 1.165) is 5.32 Å². The van der Waals surface area contributed by atoms with E-state index in [2.05, 4.69) is 6.92 Å². The minimum atomic E-state index is -5.17. The molecule has 0 aromatic rings. The van der Waals surface area contributed by atoms with Crippen LogP contribution in [0.15, 0.2) is 0 Å². The van der Waals surface area contributed by atoms with E-state index in [-0.39, 0.29) is 0 Å². The Morgan fingerprint density at radius 3 is 1.33 bits per heavy atom. The van der Waals surface area contributed by atoms with Gasteiger partial charge in [-0.05, 0) is 0 Å². The van der Waals surface area contributed by atoms with Crippen molar-refractivity contribution in [1.82, 2.24) is 0 Å². The maximum absolute atomic E-state index is 8.52. The average molecular weight is 329 g/mol. The van der Waals surface area contributed by atoms with Gasteiger partial charge in [0.05, 0.1) is 0 Å². The number of hydrogen-bond donors (Lipinski definition) is 0. The molecule has 0 N–H and O–H groups in total. The van der Waals surface area contributed by atoms with Crippen LogP contribution >= 0.6 is 0 Å². The molecule has 0 fully saturated rings. The summed E-state index contributed by atoms with van der Waals surface area (Å²) in [6.45, 7) is 2.27. The van der Waals surface area contributed by atoms with Crippen molar-refractivity contribution in [3.8, 4) is 0 Å². The fraction of sp³-hybridized carbons (Fsp3) is 1.00. The van der Waals surface area contributed by atoms with Gasteiger partial charge in [-0.1, -0.05) is 0 Å². The minimum absolute atomic E-state index is 0.934. The molecular formula is C12H25CuO4S. The third kappa shape index (κ3) is 36.0. The van der Waals surface area contributed by atoms with E-state index < -0.39 is 10.4 Å². The summed E-state index contributed by atoms with van der Waals surface area (Å²) in [4.78, 5) is 0. The number of hydrogen-bond acceptors (Lipinski definition) is 4.